The molecule has 0 bridgehead atoms. The Kier molecular flexibility index (Phi) is 7.06. The molecule has 1 fully saturated rings. The van der Waals surface area contributed by atoms with E-state index in [0.717, 1.165) is 32.4 Å². The Labute approximate surface area is 145 Å². The number of nitrogens with zero attached hydrogens (tertiary/aromatic N) is 2. The highest BCUT2D eigenvalue weighted by Gasteiger charge is 2.25. The van der Waals surface area contributed by atoms with Crippen LogP contribution >= 0.6 is 0 Å². The number of aliphatic hydroxyl groups excluding tert-OH is 1. The van der Waals surface area contributed by atoms with Crippen molar-refractivity contribution in [1.82, 2.24) is 15.1 Å². The lowest BCUT2D eigenvalue weighted by molar-refractivity contribution is 0.0795. The van der Waals surface area contributed by atoms with Gasteiger partial charge in [-0.3, -0.25) is 0 Å². The van der Waals surface area contributed by atoms with Crippen molar-refractivity contribution >= 4 is 6.03 Å². The fourth-order valence-electron chi connectivity index (χ4n) is 3.23. The predicted octanol–water partition coefficient (Wildman–Crippen LogP) is 1.96. The molecule has 2 unspecified atom stereocenters. The van der Waals surface area contributed by atoms with E-state index in [1.807, 2.05) is 44.1 Å². The van der Waals surface area contributed by atoms with Gasteiger partial charge in [-0.05, 0) is 51.8 Å². The van der Waals surface area contributed by atoms with Crippen molar-refractivity contribution in [3.8, 4) is 0 Å². The Morgan fingerprint density at radius 1 is 1.29 bits per heavy atom. The topological polar surface area (TPSA) is 55.8 Å². The van der Waals surface area contributed by atoms with Crippen LogP contribution in [0.15, 0.2) is 30.3 Å². The number of carbonyl (C=O) groups excluding carboxylic acids is 1. The van der Waals surface area contributed by atoms with Crippen molar-refractivity contribution in [3.63, 3.8) is 0 Å². The van der Waals surface area contributed by atoms with Gasteiger partial charge in [0, 0.05) is 25.7 Å². The second kappa shape index (κ2) is 9.04. The molecule has 0 saturated carbocycles. The molecule has 5 nitrogen and oxygen atoms in total. The van der Waals surface area contributed by atoms with Gasteiger partial charge in [0.2, 0.25) is 0 Å². The van der Waals surface area contributed by atoms with E-state index < -0.39 is 0 Å². The maximum atomic E-state index is 12.4. The molecule has 5 heteroatoms. The highest BCUT2D eigenvalue weighted by molar-refractivity contribution is 5.74. The Morgan fingerprint density at radius 2 is 1.92 bits per heavy atom. The number of carbonyl (C=O) groups is 1. The van der Waals surface area contributed by atoms with Gasteiger partial charge in [-0.15, -0.1) is 0 Å². The zero-order valence-electron chi connectivity index (χ0n) is 15.1. The minimum Gasteiger partial charge on any atom is -0.393 e. The van der Waals surface area contributed by atoms with Crippen molar-refractivity contribution in [3.05, 3.63) is 35.9 Å². The van der Waals surface area contributed by atoms with Gasteiger partial charge in [-0.1, -0.05) is 30.3 Å². The fraction of sp³-hybridized carbons (Fsp3) is 0.632. The van der Waals surface area contributed by atoms with Crippen LogP contribution in [0, 0.1) is 5.92 Å². The molecule has 1 aromatic rings. The molecule has 1 aliphatic rings. The summed E-state index contributed by atoms with van der Waals surface area (Å²) in [6.45, 7) is 3.93. The third-order valence-corrected chi connectivity index (χ3v) is 5.04. The van der Waals surface area contributed by atoms with Crippen LogP contribution in [0.2, 0.25) is 0 Å². The number of amides is 2. The van der Waals surface area contributed by atoms with E-state index in [1.165, 1.54) is 5.56 Å². The van der Waals surface area contributed by atoms with E-state index in [0.29, 0.717) is 12.5 Å². The van der Waals surface area contributed by atoms with Gasteiger partial charge in [0.25, 0.3) is 0 Å². The van der Waals surface area contributed by atoms with Gasteiger partial charge < -0.3 is 20.2 Å². The quantitative estimate of drug-likeness (QED) is 0.837. The molecule has 2 atom stereocenters. The molecule has 134 valence electrons. The average molecular weight is 333 g/mol. The molecule has 0 aliphatic carbocycles. The third-order valence-electron chi connectivity index (χ3n) is 5.04. The third kappa shape index (κ3) is 5.49. The molecular weight excluding hydrogens is 302 g/mol. The molecular formula is C19H31N3O2. The van der Waals surface area contributed by atoms with Crippen LogP contribution in [0.3, 0.4) is 0 Å². The van der Waals surface area contributed by atoms with E-state index in [1.54, 1.807) is 0 Å². The second-order valence-electron chi connectivity index (χ2n) is 7.06. The number of benzene rings is 1. The molecule has 1 saturated heterocycles. The summed E-state index contributed by atoms with van der Waals surface area (Å²) >= 11 is 0. The summed E-state index contributed by atoms with van der Waals surface area (Å²) in [5.41, 5.74) is 1.28. The number of hydrogen-bond donors (Lipinski definition) is 2. The summed E-state index contributed by atoms with van der Waals surface area (Å²) in [5, 5.41) is 12.7. The Morgan fingerprint density at radius 3 is 2.46 bits per heavy atom. The molecule has 0 aromatic heterocycles. The van der Waals surface area contributed by atoms with Crippen LogP contribution in [0.4, 0.5) is 4.79 Å². The lowest BCUT2D eigenvalue weighted by Gasteiger charge is -2.34. The number of aliphatic hydroxyl groups is 1. The summed E-state index contributed by atoms with van der Waals surface area (Å²) in [5.74, 6) is 0.321. The van der Waals surface area contributed by atoms with Crippen LogP contribution in [-0.2, 0) is 6.42 Å². The monoisotopic (exact) mass is 333 g/mol. The number of hydrogen-bond acceptors (Lipinski definition) is 3. The number of nitrogens with one attached hydrogen (secondary N) is 1. The van der Waals surface area contributed by atoms with E-state index >= 15 is 0 Å². The van der Waals surface area contributed by atoms with Crippen molar-refractivity contribution in [1.29, 1.82) is 0 Å². The minimum atomic E-state index is -0.279. The highest BCUT2D eigenvalue weighted by atomic mass is 16.3. The van der Waals surface area contributed by atoms with Gasteiger partial charge in [0.15, 0.2) is 0 Å². The van der Waals surface area contributed by atoms with Crippen molar-refractivity contribution in [2.75, 3.05) is 33.7 Å². The summed E-state index contributed by atoms with van der Waals surface area (Å²) in [6.07, 6.45) is 2.40. The lowest BCUT2D eigenvalue weighted by Crippen LogP contribution is -2.49. The number of urea groups is 1. The first-order valence-corrected chi connectivity index (χ1v) is 8.88. The molecule has 1 heterocycles. The van der Waals surface area contributed by atoms with Crippen molar-refractivity contribution in [2.24, 2.45) is 5.92 Å². The SMILES string of the molecule is CC(O)C1CCN(C(=O)NCC(Cc2ccccc2)N(C)C)CC1. The molecule has 0 spiro atoms. The summed E-state index contributed by atoms with van der Waals surface area (Å²) < 4.78 is 0. The fourth-order valence-corrected chi connectivity index (χ4v) is 3.23. The number of rotatable bonds is 6. The maximum Gasteiger partial charge on any atom is 0.317 e. The Balaban J connectivity index is 1.80. The molecule has 24 heavy (non-hydrogen) atoms. The van der Waals surface area contributed by atoms with Crippen molar-refractivity contribution in [2.45, 2.75) is 38.3 Å². The van der Waals surface area contributed by atoms with Gasteiger partial charge in [0.1, 0.15) is 0 Å². The normalized spacial score (nSPS) is 18.5. The lowest BCUT2D eigenvalue weighted by atomic mass is 9.92. The minimum absolute atomic E-state index is 0.0129. The van der Waals surface area contributed by atoms with Gasteiger partial charge in [-0.25, -0.2) is 4.79 Å². The van der Waals surface area contributed by atoms with Gasteiger partial charge in [0.05, 0.1) is 6.10 Å². The standard InChI is InChI=1S/C19H31N3O2/c1-15(23)17-9-11-22(12-10-17)19(24)20-14-18(21(2)3)13-16-7-5-4-6-8-16/h4-8,15,17-18,23H,9-14H2,1-3H3,(H,20,24). The first kappa shape index (κ1) is 18.7. The molecule has 2 rings (SSSR count). The Hall–Kier alpha value is -1.59. The van der Waals surface area contributed by atoms with E-state index in [2.05, 4.69) is 22.3 Å². The summed E-state index contributed by atoms with van der Waals surface area (Å²) in [4.78, 5) is 16.4. The predicted molar refractivity (Wildman–Crippen MR) is 97.0 cm³/mol. The molecule has 0 radical (unpaired) electrons. The van der Waals surface area contributed by atoms with Crippen molar-refractivity contribution < 1.29 is 9.90 Å². The largest absolute Gasteiger partial charge is 0.393 e. The first-order chi connectivity index (χ1) is 11.5. The van der Waals surface area contributed by atoms with Gasteiger partial charge in [-0.2, -0.15) is 0 Å². The maximum absolute atomic E-state index is 12.4. The number of likely N-dealkylation sites (N-methyl/N-ethyl adjacent to an activating group) is 1. The van der Waals surface area contributed by atoms with E-state index in [-0.39, 0.29) is 18.2 Å². The average Bonchev–Trinajstić information content (AvgIpc) is 2.59. The number of likely N-dealkylation sites (tertiary alicyclic amines) is 1. The van der Waals surface area contributed by atoms with Crippen LogP contribution in [-0.4, -0.2) is 66.8 Å². The van der Waals surface area contributed by atoms with Crippen LogP contribution < -0.4 is 5.32 Å². The van der Waals surface area contributed by atoms with E-state index in [4.69, 9.17) is 0 Å². The second-order valence-corrected chi connectivity index (χ2v) is 7.06. The van der Waals surface area contributed by atoms with Crippen LogP contribution in [0.25, 0.3) is 0 Å². The number of piperidine rings is 1. The smallest absolute Gasteiger partial charge is 0.317 e. The zero-order chi connectivity index (χ0) is 17.5. The zero-order valence-corrected chi connectivity index (χ0v) is 15.1. The molecule has 2 N–H and O–H groups in total. The summed E-state index contributed by atoms with van der Waals surface area (Å²) in [6, 6.07) is 10.6. The molecule has 1 aliphatic heterocycles. The molecule has 1 aromatic carbocycles. The highest BCUT2D eigenvalue weighted by Crippen LogP contribution is 2.20. The molecule has 2 amide bonds. The Bertz CT molecular complexity index is 497. The first-order valence-electron chi connectivity index (χ1n) is 8.88. The van der Waals surface area contributed by atoms with Crippen LogP contribution in [0.1, 0.15) is 25.3 Å². The van der Waals surface area contributed by atoms with Crippen LogP contribution in [0.5, 0.6) is 0 Å². The van der Waals surface area contributed by atoms with E-state index in [9.17, 15) is 9.90 Å². The summed E-state index contributed by atoms with van der Waals surface area (Å²) in [7, 11) is 4.10. The van der Waals surface area contributed by atoms with Gasteiger partial charge >= 0.3 is 6.03 Å².